The van der Waals surface area contributed by atoms with Gasteiger partial charge < -0.3 is 10.4 Å². The molecule has 0 bridgehead atoms. The average Bonchev–Trinajstić information content (AvgIpc) is 2.88. The highest BCUT2D eigenvalue weighted by atomic mass is 32.1. The summed E-state index contributed by atoms with van der Waals surface area (Å²) >= 11 is 1.42. The molecule has 0 spiro atoms. The number of hydrogen-bond donors (Lipinski definition) is 2. The Morgan fingerprint density at radius 1 is 1.30 bits per heavy atom. The van der Waals surface area contributed by atoms with E-state index in [0.29, 0.717) is 16.1 Å². The van der Waals surface area contributed by atoms with Gasteiger partial charge in [0.2, 0.25) is 0 Å². The average molecular weight is 332 g/mol. The molecule has 1 unspecified atom stereocenters. The van der Waals surface area contributed by atoms with Crippen molar-refractivity contribution < 1.29 is 14.7 Å². The third kappa shape index (κ3) is 4.16. The zero-order valence-electron chi connectivity index (χ0n) is 13.4. The molecule has 1 amide bonds. The van der Waals surface area contributed by atoms with Crippen molar-refractivity contribution in [3.8, 4) is 0 Å². The molecule has 0 aliphatic carbocycles. The number of anilines is 1. The van der Waals surface area contributed by atoms with E-state index in [1.165, 1.54) is 11.3 Å². The summed E-state index contributed by atoms with van der Waals surface area (Å²) in [6, 6.07) is 6.87. The molecule has 1 aromatic heterocycles. The minimum atomic E-state index is -0.870. The summed E-state index contributed by atoms with van der Waals surface area (Å²) in [5.74, 6) is -1.62. The smallest absolute Gasteiger partial charge is 0.310 e. The quantitative estimate of drug-likeness (QED) is 0.842. The lowest BCUT2D eigenvalue weighted by Crippen LogP contribution is -2.12. The minimum Gasteiger partial charge on any atom is -0.481 e. The molecule has 23 heavy (non-hydrogen) atoms. The van der Waals surface area contributed by atoms with Gasteiger partial charge in [-0.3, -0.25) is 9.59 Å². The van der Waals surface area contributed by atoms with Gasteiger partial charge >= 0.3 is 5.97 Å². The molecule has 2 N–H and O–H groups in total. The van der Waals surface area contributed by atoms with Crippen molar-refractivity contribution in [2.45, 2.75) is 39.5 Å². The van der Waals surface area contributed by atoms with Gasteiger partial charge in [0.15, 0.2) is 0 Å². The van der Waals surface area contributed by atoms with Crippen LogP contribution >= 0.6 is 11.3 Å². The molecule has 2 aromatic rings. The van der Waals surface area contributed by atoms with Gasteiger partial charge in [-0.15, -0.1) is 11.3 Å². The van der Waals surface area contributed by atoms with E-state index in [-0.39, 0.29) is 5.91 Å². The van der Waals surface area contributed by atoms with Crippen LogP contribution < -0.4 is 5.32 Å². The van der Waals surface area contributed by atoms with Crippen molar-refractivity contribution in [1.82, 2.24) is 4.98 Å². The first-order valence-corrected chi connectivity index (χ1v) is 8.34. The molecule has 0 radical (unpaired) electrons. The van der Waals surface area contributed by atoms with E-state index in [2.05, 4.69) is 17.2 Å². The van der Waals surface area contributed by atoms with E-state index in [1.807, 2.05) is 6.92 Å². The van der Waals surface area contributed by atoms with Gasteiger partial charge in [0, 0.05) is 5.69 Å². The van der Waals surface area contributed by atoms with Crippen molar-refractivity contribution in [3.63, 3.8) is 0 Å². The Balaban J connectivity index is 2.10. The fourth-order valence-corrected chi connectivity index (χ4v) is 3.23. The Hall–Kier alpha value is -2.21. The first-order chi connectivity index (χ1) is 10.9. The normalized spacial score (nSPS) is 12.0. The van der Waals surface area contributed by atoms with Crippen LogP contribution in [0.1, 0.15) is 52.1 Å². The van der Waals surface area contributed by atoms with Crippen LogP contribution in [-0.2, 0) is 11.2 Å². The number of nitrogens with one attached hydrogen (secondary N) is 1. The fourth-order valence-electron chi connectivity index (χ4n) is 2.17. The van der Waals surface area contributed by atoms with Crippen molar-refractivity contribution in [3.05, 3.63) is 45.4 Å². The maximum atomic E-state index is 12.3. The van der Waals surface area contributed by atoms with Gasteiger partial charge in [0.1, 0.15) is 4.88 Å². The van der Waals surface area contributed by atoms with Gasteiger partial charge in [-0.25, -0.2) is 4.98 Å². The van der Waals surface area contributed by atoms with Crippen LogP contribution in [0.5, 0.6) is 0 Å². The molecule has 0 fully saturated rings. The van der Waals surface area contributed by atoms with Crippen molar-refractivity contribution >= 4 is 28.9 Å². The largest absolute Gasteiger partial charge is 0.481 e. The van der Waals surface area contributed by atoms with Crippen LogP contribution in [0.25, 0.3) is 0 Å². The summed E-state index contributed by atoms with van der Waals surface area (Å²) in [5, 5.41) is 12.8. The van der Waals surface area contributed by atoms with Gasteiger partial charge in [-0.05, 0) is 44.4 Å². The Labute approximate surface area is 139 Å². The molecule has 0 aliphatic heterocycles. The molecular weight excluding hydrogens is 312 g/mol. The van der Waals surface area contributed by atoms with E-state index in [4.69, 9.17) is 5.11 Å². The molecule has 1 atom stereocenters. The van der Waals surface area contributed by atoms with Crippen LogP contribution in [0, 0.1) is 6.92 Å². The zero-order chi connectivity index (χ0) is 17.0. The predicted molar refractivity (Wildman–Crippen MR) is 91.3 cm³/mol. The van der Waals surface area contributed by atoms with Gasteiger partial charge in [-0.1, -0.05) is 19.1 Å². The lowest BCUT2D eigenvalue weighted by molar-refractivity contribution is -0.138. The van der Waals surface area contributed by atoms with Crippen LogP contribution in [0.4, 0.5) is 5.69 Å². The summed E-state index contributed by atoms with van der Waals surface area (Å²) in [6.07, 6.45) is 1.87. The third-order valence-corrected chi connectivity index (χ3v) is 4.77. The number of carboxylic acids is 1. The highest BCUT2D eigenvalue weighted by Crippen LogP contribution is 2.22. The SMILES string of the molecule is CCCc1nc(C)c(C(=O)Nc2ccc(C(C)C(=O)O)cc2)s1. The number of amides is 1. The maximum absolute atomic E-state index is 12.3. The molecule has 1 heterocycles. The Morgan fingerprint density at radius 2 is 1.96 bits per heavy atom. The second kappa shape index (κ2) is 7.37. The molecule has 2 rings (SSSR count). The number of carbonyl (C=O) groups excluding carboxylic acids is 1. The van der Waals surface area contributed by atoms with Crippen molar-refractivity contribution in [2.75, 3.05) is 5.32 Å². The lowest BCUT2D eigenvalue weighted by atomic mass is 10.0. The summed E-state index contributed by atoms with van der Waals surface area (Å²) < 4.78 is 0. The number of aromatic nitrogens is 1. The maximum Gasteiger partial charge on any atom is 0.310 e. The lowest BCUT2D eigenvalue weighted by Gasteiger charge is -2.08. The molecular formula is C17H20N2O3S. The Morgan fingerprint density at radius 3 is 2.52 bits per heavy atom. The topological polar surface area (TPSA) is 79.3 Å². The monoisotopic (exact) mass is 332 g/mol. The van der Waals surface area contributed by atoms with Gasteiger partial charge in [-0.2, -0.15) is 0 Å². The number of nitrogens with zero attached hydrogens (tertiary/aromatic N) is 1. The van der Waals surface area contributed by atoms with Gasteiger partial charge in [0.25, 0.3) is 5.91 Å². The number of carboxylic acid groups (broad SMARTS) is 1. The van der Waals surface area contributed by atoms with E-state index >= 15 is 0 Å². The number of benzene rings is 1. The van der Waals surface area contributed by atoms with E-state index in [0.717, 1.165) is 23.5 Å². The second-order valence-electron chi connectivity index (χ2n) is 5.41. The Bertz CT molecular complexity index is 707. The molecule has 0 saturated carbocycles. The van der Waals surface area contributed by atoms with Gasteiger partial charge in [0.05, 0.1) is 16.6 Å². The Kier molecular flexibility index (Phi) is 5.50. The first-order valence-electron chi connectivity index (χ1n) is 7.52. The number of aryl methyl sites for hydroxylation is 2. The molecule has 5 nitrogen and oxygen atoms in total. The molecule has 6 heteroatoms. The van der Waals surface area contributed by atoms with Crippen LogP contribution in [0.2, 0.25) is 0 Å². The van der Waals surface area contributed by atoms with Crippen molar-refractivity contribution in [1.29, 1.82) is 0 Å². The third-order valence-electron chi connectivity index (χ3n) is 3.55. The van der Waals surface area contributed by atoms with Crippen LogP contribution in [-0.4, -0.2) is 22.0 Å². The standard InChI is InChI=1S/C17H20N2O3S/c1-4-5-14-18-11(3)15(23-14)16(20)19-13-8-6-12(7-9-13)10(2)17(21)22/h6-10H,4-5H2,1-3H3,(H,19,20)(H,21,22). The predicted octanol–water partition coefficient (Wildman–Crippen LogP) is 3.84. The van der Waals surface area contributed by atoms with E-state index in [9.17, 15) is 9.59 Å². The fraction of sp³-hybridized carbons (Fsp3) is 0.353. The van der Waals surface area contributed by atoms with Crippen molar-refractivity contribution in [2.24, 2.45) is 0 Å². The van der Waals surface area contributed by atoms with E-state index in [1.54, 1.807) is 31.2 Å². The molecule has 1 aromatic carbocycles. The van der Waals surface area contributed by atoms with E-state index < -0.39 is 11.9 Å². The summed E-state index contributed by atoms with van der Waals surface area (Å²) in [6.45, 7) is 5.55. The highest BCUT2D eigenvalue weighted by molar-refractivity contribution is 7.13. The molecule has 0 aliphatic rings. The summed E-state index contributed by atoms with van der Waals surface area (Å²) in [7, 11) is 0. The number of thiazole rings is 1. The van der Waals surface area contributed by atoms with Crippen LogP contribution in [0.15, 0.2) is 24.3 Å². The number of carbonyl (C=O) groups is 2. The zero-order valence-corrected chi connectivity index (χ0v) is 14.2. The number of rotatable bonds is 6. The summed E-state index contributed by atoms with van der Waals surface area (Å²) in [4.78, 5) is 28.3. The molecule has 0 saturated heterocycles. The number of aliphatic carboxylic acids is 1. The first kappa shape index (κ1) is 17.1. The molecule has 122 valence electrons. The van der Waals surface area contributed by atoms with Crippen LogP contribution in [0.3, 0.4) is 0 Å². The minimum absolute atomic E-state index is 0.179. The second-order valence-corrected chi connectivity index (χ2v) is 6.49. The summed E-state index contributed by atoms with van der Waals surface area (Å²) in [5.41, 5.74) is 2.09. The number of hydrogen-bond acceptors (Lipinski definition) is 4. The highest BCUT2D eigenvalue weighted by Gasteiger charge is 2.16.